The standard InChI is InChI=1S/C20H21N5O3S/c1-3-25-19(15-7-5-4-6-8-15)23-24-20(25)29-13-18(27)22-21-12-14-9-10-16(26)17(11-14)28-2/h4-12,26H,3,13H2,1-2H3,(H,22,27)/b21-12-. The van der Waals surface area contributed by atoms with Crippen molar-refractivity contribution in [1.82, 2.24) is 20.2 Å². The molecule has 1 heterocycles. The van der Waals surface area contributed by atoms with E-state index in [0.717, 1.165) is 11.4 Å². The number of hydrazone groups is 1. The van der Waals surface area contributed by atoms with Crippen molar-refractivity contribution in [2.45, 2.75) is 18.6 Å². The van der Waals surface area contributed by atoms with Gasteiger partial charge in [-0.15, -0.1) is 10.2 Å². The molecule has 150 valence electrons. The van der Waals surface area contributed by atoms with Crippen LogP contribution in [0.25, 0.3) is 11.4 Å². The van der Waals surface area contributed by atoms with E-state index in [1.807, 2.05) is 41.8 Å². The highest BCUT2D eigenvalue weighted by molar-refractivity contribution is 7.99. The molecule has 0 fully saturated rings. The Hall–Kier alpha value is -3.33. The molecule has 0 atom stereocenters. The molecule has 0 saturated heterocycles. The molecule has 3 rings (SSSR count). The van der Waals surface area contributed by atoms with E-state index in [0.29, 0.717) is 23.0 Å². The van der Waals surface area contributed by atoms with Crippen molar-refractivity contribution < 1.29 is 14.6 Å². The fourth-order valence-electron chi connectivity index (χ4n) is 2.60. The number of nitrogens with one attached hydrogen (secondary N) is 1. The lowest BCUT2D eigenvalue weighted by molar-refractivity contribution is -0.118. The predicted octanol–water partition coefficient (Wildman–Crippen LogP) is 2.92. The summed E-state index contributed by atoms with van der Waals surface area (Å²) < 4.78 is 7.01. The smallest absolute Gasteiger partial charge is 0.250 e. The van der Waals surface area contributed by atoms with Crippen LogP contribution < -0.4 is 10.2 Å². The van der Waals surface area contributed by atoms with Gasteiger partial charge in [0.05, 0.1) is 19.1 Å². The SMILES string of the molecule is CCn1c(SCC(=O)N/N=C\c2ccc(O)c(OC)c2)nnc1-c1ccccc1. The van der Waals surface area contributed by atoms with Crippen molar-refractivity contribution in [2.24, 2.45) is 5.10 Å². The third-order valence-corrected chi connectivity index (χ3v) is 4.97. The maximum absolute atomic E-state index is 12.1. The molecular weight excluding hydrogens is 390 g/mol. The molecule has 1 amide bonds. The van der Waals surface area contributed by atoms with E-state index in [4.69, 9.17) is 4.74 Å². The number of aromatic hydroxyl groups is 1. The summed E-state index contributed by atoms with van der Waals surface area (Å²) in [6.07, 6.45) is 1.48. The summed E-state index contributed by atoms with van der Waals surface area (Å²) in [4.78, 5) is 12.1. The third-order valence-electron chi connectivity index (χ3n) is 4.00. The Morgan fingerprint density at radius 3 is 2.79 bits per heavy atom. The van der Waals surface area contributed by atoms with Gasteiger partial charge in [0, 0.05) is 12.1 Å². The van der Waals surface area contributed by atoms with Crippen molar-refractivity contribution in [1.29, 1.82) is 0 Å². The number of rotatable bonds is 8. The van der Waals surface area contributed by atoms with Gasteiger partial charge in [0.1, 0.15) is 0 Å². The average Bonchev–Trinajstić information content (AvgIpc) is 3.17. The molecule has 9 heteroatoms. The van der Waals surface area contributed by atoms with Gasteiger partial charge in [-0.05, 0) is 30.7 Å². The minimum Gasteiger partial charge on any atom is -0.504 e. The van der Waals surface area contributed by atoms with Crippen LogP contribution in [-0.2, 0) is 11.3 Å². The number of hydrogen-bond donors (Lipinski definition) is 2. The molecule has 0 unspecified atom stereocenters. The van der Waals surface area contributed by atoms with Crippen molar-refractivity contribution in [3.05, 3.63) is 54.1 Å². The number of hydrogen-bond acceptors (Lipinski definition) is 7. The molecule has 3 aromatic rings. The van der Waals surface area contributed by atoms with Crippen molar-refractivity contribution in [3.8, 4) is 22.9 Å². The number of ether oxygens (including phenoxy) is 1. The number of methoxy groups -OCH3 is 1. The van der Waals surface area contributed by atoms with E-state index >= 15 is 0 Å². The van der Waals surface area contributed by atoms with Gasteiger partial charge in [-0.1, -0.05) is 42.1 Å². The van der Waals surface area contributed by atoms with Gasteiger partial charge in [-0.3, -0.25) is 4.79 Å². The minimum absolute atomic E-state index is 0.0417. The molecule has 0 spiro atoms. The quantitative estimate of drug-likeness (QED) is 0.336. The summed E-state index contributed by atoms with van der Waals surface area (Å²) in [6, 6.07) is 14.6. The van der Waals surface area contributed by atoms with Crippen LogP contribution in [0.1, 0.15) is 12.5 Å². The third kappa shape index (κ3) is 5.14. The van der Waals surface area contributed by atoms with Gasteiger partial charge in [0.15, 0.2) is 22.5 Å². The van der Waals surface area contributed by atoms with Crippen molar-refractivity contribution in [2.75, 3.05) is 12.9 Å². The van der Waals surface area contributed by atoms with E-state index in [1.54, 1.807) is 12.1 Å². The van der Waals surface area contributed by atoms with Gasteiger partial charge in [-0.25, -0.2) is 5.43 Å². The fourth-order valence-corrected chi connectivity index (χ4v) is 3.39. The average molecular weight is 411 g/mol. The van der Waals surface area contributed by atoms with Crippen LogP contribution in [-0.4, -0.2) is 44.9 Å². The first kappa shape index (κ1) is 20.4. The Morgan fingerprint density at radius 1 is 1.28 bits per heavy atom. The lowest BCUT2D eigenvalue weighted by Gasteiger charge is -2.07. The lowest BCUT2D eigenvalue weighted by Crippen LogP contribution is -2.20. The number of benzene rings is 2. The van der Waals surface area contributed by atoms with Crippen molar-refractivity contribution in [3.63, 3.8) is 0 Å². The van der Waals surface area contributed by atoms with Crippen LogP contribution in [0.5, 0.6) is 11.5 Å². The Labute approximate surface area is 172 Å². The number of phenols is 1. The second-order valence-electron chi connectivity index (χ2n) is 5.93. The summed E-state index contributed by atoms with van der Waals surface area (Å²) in [5, 5.41) is 22.7. The van der Waals surface area contributed by atoms with E-state index in [-0.39, 0.29) is 17.4 Å². The Balaban J connectivity index is 1.58. The molecule has 0 bridgehead atoms. The summed E-state index contributed by atoms with van der Waals surface area (Å²) >= 11 is 1.30. The van der Waals surface area contributed by atoms with Crippen LogP contribution in [0, 0.1) is 0 Å². The highest BCUT2D eigenvalue weighted by Gasteiger charge is 2.14. The van der Waals surface area contributed by atoms with Gasteiger partial charge in [0.2, 0.25) is 0 Å². The molecule has 0 aliphatic carbocycles. The van der Waals surface area contributed by atoms with E-state index in [1.165, 1.54) is 31.2 Å². The normalized spacial score (nSPS) is 11.0. The summed E-state index contributed by atoms with van der Waals surface area (Å²) in [5.41, 5.74) is 4.14. The lowest BCUT2D eigenvalue weighted by atomic mass is 10.2. The summed E-state index contributed by atoms with van der Waals surface area (Å²) in [5.74, 6) is 1.05. The first-order valence-corrected chi connectivity index (χ1v) is 9.91. The monoisotopic (exact) mass is 411 g/mol. The van der Waals surface area contributed by atoms with Gasteiger partial charge in [-0.2, -0.15) is 5.10 Å². The Kier molecular flexibility index (Phi) is 6.85. The number of aromatic nitrogens is 3. The van der Waals surface area contributed by atoms with Crippen LogP contribution in [0.15, 0.2) is 58.8 Å². The first-order chi connectivity index (χ1) is 14.1. The maximum atomic E-state index is 12.1. The number of carbonyl (C=O) groups is 1. The number of thioether (sulfide) groups is 1. The maximum Gasteiger partial charge on any atom is 0.250 e. The molecule has 29 heavy (non-hydrogen) atoms. The van der Waals surface area contributed by atoms with Crippen molar-refractivity contribution >= 4 is 23.9 Å². The zero-order valence-electron chi connectivity index (χ0n) is 16.1. The van der Waals surface area contributed by atoms with Gasteiger partial charge < -0.3 is 14.4 Å². The molecule has 0 aliphatic rings. The number of phenolic OH excluding ortho intramolecular Hbond substituents is 1. The van der Waals surface area contributed by atoms with E-state index in [9.17, 15) is 9.90 Å². The molecule has 8 nitrogen and oxygen atoms in total. The zero-order valence-corrected chi connectivity index (χ0v) is 16.9. The molecule has 2 aromatic carbocycles. The molecule has 1 aromatic heterocycles. The van der Waals surface area contributed by atoms with E-state index < -0.39 is 0 Å². The molecule has 0 radical (unpaired) electrons. The second kappa shape index (κ2) is 9.74. The predicted molar refractivity (Wildman–Crippen MR) is 112 cm³/mol. The summed E-state index contributed by atoms with van der Waals surface area (Å²) in [7, 11) is 1.47. The van der Waals surface area contributed by atoms with Crippen LogP contribution in [0.4, 0.5) is 0 Å². The van der Waals surface area contributed by atoms with Crippen LogP contribution in [0.3, 0.4) is 0 Å². The van der Waals surface area contributed by atoms with Gasteiger partial charge in [0.25, 0.3) is 5.91 Å². The number of nitrogens with zero attached hydrogens (tertiary/aromatic N) is 4. The largest absolute Gasteiger partial charge is 0.504 e. The number of amides is 1. The van der Waals surface area contributed by atoms with Crippen LogP contribution in [0.2, 0.25) is 0 Å². The molecule has 0 aliphatic heterocycles. The summed E-state index contributed by atoms with van der Waals surface area (Å²) in [6.45, 7) is 2.71. The second-order valence-corrected chi connectivity index (χ2v) is 6.87. The molecule has 0 saturated carbocycles. The number of carbonyl (C=O) groups excluding carboxylic acids is 1. The molecule has 2 N–H and O–H groups in total. The fraction of sp³-hybridized carbons (Fsp3) is 0.200. The van der Waals surface area contributed by atoms with Crippen LogP contribution >= 0.6 is 11.8 Å². The molecular formula is C20H21N5O3S. The Morgan fingerprint density at radius 2 is 2.07 bits per heavy atom. The van der Waals surface area contributed by atoms with Gasteiger partial charge >= 0.3 is 0 Å². The highest BCUT2D eigenvalue weighted by atomic mass is 32.2. The highest BCUT2D eigenvalue weighted by Crippen LogP contribution is 2.25. The van der Waals surface area contributed by atoms with E-state index in [2.05, 4.69) is 20.7 Å². The zero-order chi connectivity index (χ0) is 20.6. The topological polar surface area (TPSA) is 102 Å². The Bertz CT molecular complexity index is 1000. The first-order valence-electron chi connectivity index (χ1n) is 8.92. The minimum atomic E-state index is -0.260.